The van der Waals surface area contributed by atoms with Crippen LogP contribution in [-0.2, 0) is 14.3 Å². The fraction of sp³-hybridized carbons (Fsp3) is 0.238. The van der Waals surface area contributed by atoms with Crippen molar-refractivity contribution in [2.24, 2.45) is 0 Å². The molecule has 2 aliphatic rings. The van der Waals surface area contributed by atoms with Crippen molar-refractivity contribution >= 4 is 34.8 Å². The summed E-state index contributed by atoms with van der Waals surface area (Å²) in [5.41, 5.74) is 2.36. The fourth-order valence-corrected chi connectivity index (χ4v) is 3.65. The molecule has 1 saturated heterocycles. The lowest BCUT2D eigenvalue weighted by molar-refractivity contribution is -0.119. The average molecular weight is 390 g/mol. The minimum Gasteiger partial charge on any atom is -0.452 e. The van der Waals surface area contributed by atoms with Gasteiger partial charge in [0.05, 0.1) is 28.2 Å². The summed E-state index contributed by atoms with van der Waals surface area (Å²) in [7, 11) is 0. The standard InChI is InChI=1S/C21H18N4O4/c22-11-14-4-1-2-5-15(14)23-19(26)12-29-21(28)13-7-8-17-16(10-13)24-20(27)18-6-3-9-25(17)18/h1-2,4-5,7-8,10,18H,3,6,9,12H2,(H,23,26)(H,24,27)/t18-/m1/s1. The molecule has 146 valence electrons. The van der Waals surface area contributed by atoms with Gasteiger partial charge < -0.3 is 20.3 Å². The quantitative estimate of drug-likeness (QED) is 0.775. The van der Waals surface area contributed by atoms with E-state index in [0.29, 0.717) is 16.9 Å². The Hall–Kier alpha value is -3.86. The Kier molecular flexibility index (Phi) is 4.87. The highest BCUT2D eigenvalue weighted by Crippen LogP contribution is 2.37. The average Bonchev–Trinajstić information content (AvgIpc) is 3.23. The summed E-state index contributed by atoms with van der Waals surface area (Å²) < 4.78 is 5.08. The molecule has 0 saturated carbocycles. The summed E-state index contributed by atoms with van der Waals surface area (Å²) in [5.74, 6) is -1.29. The van der Waals surface area contributed by atoms with Crippen molar-refractivity contribution in [2.45, 2.75) is 18.9 Å². The van der Waals surface area contributed by atoms with Crippen molar-refractivity contribution in [3.63, 3.8) is 0 Å². The van der Waals surface area contributed by atoms with Crippen LogP contribution >= 0.6 is 0 Å². The molecule has 4 rings (SSSR count). The maximum Gasteiger partial charge on any atom is 0.338 e. The number of rotatable bonds is 4. The SMILES string of the molecule is N#Cc1ccccc1NC(=O)COC(=O)c1ccc2c(c1)NC(=O)[C@H]1CCCN21. The predicted molar refractivity (Wildman–Crippen MR) is 106 cm³/mol. The summed E-state index contributed by atoms with van der Waals surface area (Å²) in [5, 5.41) is 14.4. The number of fused-ring (bicyclic) bond motifs is 3. The highest BCUT2D eigenvalue weighted by Gasteiger charge is 2.36. The van der Waals surface area contributed by atoms with Crippen molar-refractivity contribution < 1.29 is 19.1 Å². The highest BCUT2D eigenvalue weighted by atomic mass is 16.5. The van der Waals surface area contributed by atoms with Gasteiger partial charge in [-0.25, -0.2) is 4.79 Å². The van der Waals surface area contributed by atoms with Gasteiger partial charge in [0.1, 0.15) is 12.1 Å². The molecule has 0 radical (unpaired) electrons. The van der Waals surface area contributed by atoms with Crippen molar-refractivity contribution in [2.75, 3.05) is 28.7 Å². The number of carbonyl (C=O) groups excluding carboxylic acids is 3. The van der Waals surface area contributed by atoms with E-state index in [-0.39, 0.29) is 17.5 Å². The van der Waals surface area contributed by atoms with E-state index in [4.69, 9.17) is 10.00 Å². The van der Waals surface area contributed by atoms with Crippen LogP contribution in [0, 0.1) is 11.3 Å². The first-order valence-corrected chi connectivity index (χ1v) is 9.24. The van der Waals surface area contributed by atoms with Crippen molar-refractivity contribution in [1.82, 2.24) is 0 Å². The second-order valence-corrected chi connectivity index (χ2v) is 6.85. The summed E-state index contributed by atoms with van der Waals surface area (Å²) >= 11 is 0. The van der Waals surface area contributed by atoms with Gasteiger partial charge in [0, 0.05) is 6.54 Å². The highest BCUT2D eigenvalue weighted by molar-refractivity contribution is 6.05. The Balaban J connectivity index is 1.40. The van der Waals surface area contributed by atoms with E-state index >= 15 is 0 Å². The van der Waals surface area contributed by atoms with Crippen molar-refractivity contribution in [1.29, 1.82) is 5.26 Å². The van der Waals surface area contributed by atoms with E-state index in [1.165, 1.54) is 0 Å². The van der Waals surface area contributed by atoms with Crippen LogP contribution < -0.4 is 15.5 Å². The number of nitriles is 1. The molecule has 1 fully saturated rings. The number of amides is 2. The van der Waals surface area contributed by atoms with Gasteiger partial charge >= 0.3 is 5.97 Å². The van der Waals surface area contributed by atoms with Gasteiger partial charge in [-0.1, -0.05) is 12.1 Å². The molecule has 2 aliphatic heterocycles. The molecule has 8 nitrogen and oxygen atoms in total. The molecule has 2 heterocycles. The van der Waals surface area contributed by atoms with Crippen molar-refractivity contribution in [3.05, 3.63) is 53.6 Å². The Morgan fingerprint density at radius 2 is 2.10 bits per heavy atom. The number of nitrogens with zero attached hydrogens (tertiary/aromatic N) is 2. The van der Waals surface area contributed by atoms with Gasteiger partial charge in [0.25, 0.3) is 5.91 Å². The molecular formula is C21H18N4O4. The molecule has 0 unspecified atom stereocenters. The smallest absolute Gasteiger partial charge is 0.338 e. The number of benzene rings is 2. The zero-order valence-corrected chi connectivity index (χ0v) is 15.5. The summed E-state index contributed by atoms with van der Waals surface area (Å²) in [6.07, 6.45) is 1.77. The lowest BCUT2D eigenvalue weighted by atomic mass is 10.1. The number of esters is 1. The predicted octanol–water partition coefficient (Wildman–Crippen LogP) is 2.27. The van der Waals surface area contributed by atoms with Crippen molar-refractivity contribution in [3.8, 4) is 6.07 Å². The Bertz CT molecular complexity index is 1040. The molecule has 0 bridgehead atoms. The minimum absolute atomic E-state index is 0.0731. The normalized spacial score (nSPS) is 16.9. The fourth-order valence-electron chi connectivity index (χ4n) is 3.65. The first kappa shape index (κ1) is 18.5. The lowest BCUT2D eigenvalue weighted by Crippen LogP contribution is -2.43. The summed E-state index contributed by atoms with van der Waals surface area (Å²) in [6, 6.07) is 13.3. The third kappa shape index (κ3) is 3.62. The van der Waals surface area contributed by atoms with Crippen LogP contribution in [0.25, 0.3) is 0 Å². The molecule has 0 spiro atoms. The third-order valence-electron chi connectivity index (χ3n) is 5.01. The van der Waals surface area contributed by atoms with E-state index in [9.17, 15) is 14.4 Å². The van der Waals surface area contributed by atoms with Crippen LogP contribution in [-0.4, -0.2) is 37.0 Å². The summed E-state index contributed by atoms with van der Waals surface area (Å²) in [4.78, 5) is 38.7. The van der Waals surface area contributed by atoms with Crippen LogP contribution in [0.2, 0.25) is 0 Å². The number of carbonyl (C=O) groups is 3. The van der Waals surface area contributed by atoms with E-state index in [1.54, 1.807) is 42.5 Å². The number of para-hydroxylation sites is 1. The number of hydrogen-bond acceptors (Lipinski definition) is 6. The van der Waals surface area contributed by atoms with Crippen LogP contribution in [0.5, 0.6) is 0 Å². The number of anilines is 3. The van der Waals surface area contributed by atoms with Gasteiger partial charge in [-0.05, 0) is 43.2 Å². The first-order chi connectivity index (χ1) is 14.1. The van der Waals surface area contributed by atoms with Crippen LogP contribution in [0.1, 0.15) is 28.8 Å². The first-order valence-electron chi connectivity index (χ1n) is 9.24. The number of hydrogen-bond donors (Lipinski definition) is 2. The van der Waals surface area contributed by atoms with Gasteiger partial charge in [0.15, 0.2) is 6.61 Å². The topological polar surface area (TPSA) is 112 Å². The zero-order valence-electron chi connectivity index (χ0n) is 15.5. The van der Waals surface area contributed by atoms with E-state index in [0.717, 1.165) is 25.1 Å². The molecule has 1 atom stereocenters. The van der Waals surface area contributed by atoms with Gasteiger partial charge in [-0.3, -0.25) is 9.59 Å². The second-order valence-electron chi connectivity index (χ2n) is 6.85. The molecule has 2 amide bonds. The third-order valence-corrected chi connectivity index (χ3v) is 5.01. The molecule has 29 heavy (non-hydrogen) atoms. The Morgan fingerprint density at radius 3 is 2.93 bits per heavy atom. The van der Waals surface area contributed by atoms with Crippen LogP contribution in [0.4, 0.5) is 17.1 Å². The molecule has 0 aromatic heterocycles. The van der Waals surface area contributed by atoms with Gasteiger partial charge in [0.2, 0.25) is 5.91 Å². The van der Waals surface area contributed by atoms with Crippen LogP contribution in [0.15, 0.2) is 42.5 Å². The van der Waals surface area contributed by atoms with E-state index in [2.05, 4.69) is 10.6 Å². The number of nitrogens with one attached hydrogen (secondary N) is 2. The Labute approximate surface area is 167 Å². The van der Waals surface area contributed by atoms with Gasteiger partial charge in [-0.15, -0.1) is 0 Å². The molecule has 2 aromatic carbocycles. The monoisotopic (exact) mass is 390 g/mol. The maximum absolute atomic E-state index is 12.3. The molecule has 8 heteroatoms. The number of ether oxygens (including phenoxy) is 1. The lowest BCUT2D eigenvalue weighted by Gasteiger charge is -2.33. The molecular weight excluding hydrogens is 372 g/mol. The van der Waals surface area contributed by atoms with Crippen LogP contribution in [0.3, 0.4) is 0 Å². The van der Waals surface area contributed by atoms with Gasteiger partial charge in [-0.2, -0.15) is 5.26 Å². The maximum atomic E-state index is 12.3. The second kappa shape index (κ2) is 7.64. The molecule has 0 aliphatic carbocycles. The van der Waals surface area contributed by atoms with E-state index in [1.807, 2.05) is 11.0 Å². The largest absolute Gasteiger partial charge is 0.452 e. The minimum atomic E-state index is -0.672. The zero-order chi connectivity index (χ0) is 20.4. The summed E-state index contributed by atoms with van der Waals surface area (Å²) in [6.45, 7) is 0.315. The Morgan fingerprint density at radius 1 is 1.28 bits per heavy atom. The van der Waals surface area contributed by atoms with E-state index < -0.39 is 18.5 Å². The molecule has 2 aromatic rings. The molecule has 2 N–H and O–H groups in total.